The Balaban J connectivity index is 2.60. The fraction of sp³-hybridized carbons (Fsp3) is 0.385. The lowest BCUT2D eigenvalue weighted by atomic mass is 10.2. The van der Waals surface area contributed by atoms with Gasteiger partial charge in [0, 0.05) is 31.3 Å². The second-order valence-corrected chi connectivity index (χ2v) is 4.82. The van der Waals surface area contributed by atoms with E-state index in [-0.39, 0.29) is 11.9 Å². The SMILES string of the molecule is COc1cccc(NC(=O)N(C)CC(C)C(N)=S)c1. The number of hydrogen-bond acceptors (Lipinski definition) is 3. The lowest BCUT2D eigenvalue weighted by molar-refractivity contribution is 0.220. The number of nitrogens with two attached hydrogens (primary N) is 1. The van der Waals surface area contributed by atoms with Crippen molar-refractivity contribution in [2.24, 2.45) is 11.7 Å². The summed E-state index contributed by atoms with van der Waals surface area (Å²) in [4.78, 5) is 13.9. The Labute approximate surface area is 118 Å². The van der Waals surface area contributed by atoms with Gasteiger partial charge in [-0.15, -0.1) is 0 Å². The van der Waals surface area contributed by atoms with E-state index in [1.165, 1.54) is 0 Å². The zero-order valence-electron chi connectivity index (χ0n) is 11.3. The molecule has 0 radical (unpaired) electrons. The third-order valence-corrected chi connectivity index (χ3v) is 3.10. The maximum atomic E-state index is 12.0. The lowest BCUT2D eigenvalue weighted by Crippen LogP contribution is -2.37. The zero-order chi connectivity index (χ0) is 14.4. The predicted octanol–water partition coefficient (Wildman–Crippen LogP) is 2.08. The van der Waals surface area contributed by atoms with Crippen LogP contribution >= 0.6 is 12.2 Å². The molecular formula is C13H19N3O2S. The number of carbonyl (C=O) groups is 1. The van der Waals surface area contributed by atoms with Gasteiger partial charge in [0.05, 0.1) is 12.1 Å². The molecule has 0 aromatic heterocycles. The summed E-state index contributed by atoms with van der Waals surface area (Å²) in [5.74, 6) is 0.674. The van der Waals surface area contributed by atoms with E-state index in [1.807, 2.05) is 19.1 Å². The van der Waals surface area contributed by atoms with E-state index in [4.69, 9.17) is 22.7 Å². The molecule has 0 heterocycles. The molecule has 2 amide bonds. The lowest BCUT2D eigenvalue weighted by Gasteiger charge is -2.21. The number of carbonyl (C=O) groups excluding carboxylic acids is 1. The van der Waals surface area contributed by atoms with Gasteiger partial charge in [-0.25, -0.2) is 4.79 Å². The molecule has 1 rings (SSSR count). The number of rotatable bonds is 5. The highest BCUT2D eigenvalue weighted by molar-refractivity contribution is 7.80. The summed E-state index contributed by atoms with van der Waals surface area (Å²) in [6.45, 7) is 2.36. The number of urea groups is 1. The van der Waals surface area contributed by atoms with Crippen LogP contribution in [0.15, 0.2) is 24.3 Å². The first-order chi connectivity index (χ1) is 8.93. The number of ether oxygens (including phenoxy) is 1. The summed E-state index contributed by atoms with van der Waals surface area (Å²) in [6, 6.07) is 6.96. The molecule has 0 saturated heterocycles. The molecule has 0 fully saturated rings. The molecule has 0 aliphatic carbocycles. The monoisotopic (exact) mass is 281 g/mol. The van der Waals surface area contributed by atoms with Gasteiger partial charge < -0.3 is 20.7 Å². The molecule has 19 heavy (non-hydrogen) atoms. The number of nitrogens with zero attached hydrogens (tertiary/aromatic N) is 1. The minimum Gasteiger partial charge on any atom is -0.497 e. The van der Waals surface area contributed by atoms with Crippen molar-refractivity contribution in [2.75, 3.05) is 26.0 Å². The van der Waals surface area contributed by atoms with Gasteiger partial charge in [-0.2, -0.15) is 0 Å². The Morgan fingerprint density at radius 3 is 2.84 bits per heavy atom. The first-order valence-electron chi connectivity index (χ1n) is 5.89. The number of benzene rings is 1. The van der Waals surface area contributed by atoms with Crippen LogP contribution in [0.4, 0.5) is 10.5 Å². The smallest absolute Gasteiger partial charge is 0.321 e. The van der Waals surface area contributed by atoms with Gasteiger partial charge >= 0.3 is 6.03 Å². The quantitative estimate of drug-likeness (QED) is 0.811. The van der Waals surface area contributed by atoms with E-state index in [1.54, 1.807) is 31.2 Å². The van der Waals surface area contributed by atoms with E-state index in [9.17, 15) is 4.79 Å². The molecule has 0 saturated carbocycles. The summed E-state index contributed by atoms with van der Waals surface area (Å²) in [6.07, 6.45) is 0. The van der Waals surface area contributed by atoms with Crippen molar-refractivity contribution in [3.63, 3.8) is 0 Å². The first kappa shape index (κ1) is 15.2. The first-order valence-corrected chi connectivity index (χ1v) is 6.30. The van der Waals surface area contributed by atoms with Crippen LogP contribution in [0.2, 0.25) is 0 Å². The molecule has 0 aliphatic rings. The van der Waals surface area contributed by atoms with Crippen LogP contribution in [0.1, 0.15) is 6.92 Å². The van der Waals surface area contributed by atoms with Crippen molar-refractivity contribution < 1.29 is 9.53 Å². The van der Waals surface area contributed by atoms with E-state index in [0.29, 0.717) is 23.0 Å². The van der Waals surface area contributed by atoms with E-state index in [2.05, 4.69) is 5.32 Å². The van der Waals surface area contributed by atoms with Crippen molar-refractivity contribution in [1.29, 1.82) is 0 Å². The average Bonchev–Trinajstić information content (AvgIpc) is 2.38. The topological polar surface area (TPSA) is 67.6 Å². The number of amides is 2. The van der Waals surface area contributed by atoms with Gasteiger partial charge in [0.2, 0.25) is 0 Å². The maximum absolute atomic E-state index is 12.0. The van der Waals surface area contributed by atoms with Crippen LogP contribution in [0.25, 0.3) is 0 Å². The van der Waals surface area contributed by atoms with E-state index in [0.717, 1.165) is 0 Å². The molecular weight excluding hydrogens is 262 g/mol. The molecule has 1 unspecified atom stereocenters. The molecule has 1 aromatic rings. The molecule has 6 heteroatoms. The highest BCUT2D eigenvalue weighted by Crippen LogP contribution is 2.17. The molecule has 1 aromatic carbocycles. The Kier molecular flexibility index (Phi) is 5.57. The Hall–Kier alpha value is -1.82. The Bertz CT molecular complexity index is 465. The van der Waals surface area contributed by atoms with Crippen LogP contribution in [0, 0.1) is 5.92 Å². The fourth-order valence-electron chi connectivity index (χ4n) is 1.50. The van der Waals surface area contributed by atoms with Crippen LogP contribution in [-0.4, -0.2) is 36.6 Å². The van der Waals surface area contributed by atoms with Crippen molar-refractivity contribution in [3.05, 3.63) is 24.3 Å². The molecule has 3 N–H and O–H groups in total. The van der Waals surface area contributed by atoms with Crippen LogP contribution < -0.4 is 15.8 Å². The van der Waals surface area contributed by atoms with Crippen molar-refractivity contribution in [2.45, 2.75) is 6.92 Å². The summed E-state index contributed by atoms with van der Waals surface area (Å²) in [7, 11) is 3.28. The molecule has 104 valence electrons. The number of hydrogen-bond donors (Lipinski definition) is 2. The van der Waals surface area contributed by atoms with Gasteiger partial charge in [0.1, 0.15) is 5.75 Å². The maximum Gasteiger partial charge on any atom is 0.321 e. The van der Waals surface area contributed by atoms with Crippen molar-refractivity contribution in [3.8, 4) is 5.75 Å². The number of nitrogens with one attached hydrogen (secondary N) is 1. The largest absolute Gasteiger partial charge is 0.497 e. The van der Waals surface area contributed by atoms with Gasteiger partial charge in [-0.3, -0.25) is 0 Å². The zero-order valence-corrected chi connectivity index (χ0v) is 12.2. The number of methoxy groups -OCH3 is 1. The van der Waals surface area contributed by atoms with Gasteiger partial charge in [0.15, 0.2) is 0 Å². The normalized spacial score (nSPS) is 11.5. The standard InChI is InChI=1S/C13H19N3O2S/c1-9(12(14)19)8-16(2)13(17)15-10-5-4-6-11(7-10)18-3/h4-7,9H,8H2,1-3H3,(H2,14,19)(H,15,17). The number of anilines is 1. The second-order valence-electron chi connectivity index (χ2n) is 4.35. The van der Waals surface area contributed by atoms with Crippen LogP contribution in [-0.2, 0) is 0 Å². The summed E-state index contributed by atoms with van der Waals surface area (Å²) < 4.78 is 5.09. The third kappa shape index (κ3) is 4.75. The average molecular weight is 281 g/mol. The molecule has 5 nitrogen and oxygen atoms in total. The molecule has 1 atom stereocenters. The molecule has 0 bridgehead atoms. The summed E-state index contributed by atoms with van der Waals surface area (Å²) in [5, 5.41) is 2.78. The third-order valence-electron chi connectivity index (χ3n) is 2.70. The highest BCUT2D eigenvalue weighted by atomic mass is 32.1. The second kappa shape index (κ2) is 6.94. The van der Waals surface area contributed by atoms with E-state index >= 15 is 0 Å². The van der Waals surface area contributed by atoms with Crippen molar-refractivity contribution in [1.82, 2.24) is 4.90 Å². The van der Waals surface area contributed by atoms with Crippen LogP contribution in [0.3, 0.4) is 0 Å². The predicted molar refractivity (Wildman–Crippen MR) is 80.6 cm³/mol. The molecule has 0 aliphatic heterocycles. The molecule has 0 spiro atoms. The number of thiocarbonyl (C=S) groups is 1. The van der Waals surface area contributed by atoms with Gasteiger partial charge in [-0.1, -0.05) is 25.2 Å². The van der Waals surface area contributed by atoms with Crippen molar-refractivity contribution >= 4 is 28.9 Å². The fourth-order valence-corrected chi connectivity index (χ4v) is 1.58. The van der Waals surface area contributed by atoms with Gasteiger partial charge in [-0.05, 0) is 12.1 Å². The Morgan fingerprint density at radius 2 is 2.26 bits per heavy atom. The highest BCUT2D eigenvalue weighted by Gasteiger charge is 2.14. The minimum atomic E-state index is -0.212. The summed E-state index contributed by atoms with van der Waals surface area (Å²) >= 11 is 4.89. The van der Waals surface area contributed by atoms with Crippen LogP contribution in [0.5, 0.6) is 5.75 Å². The van der Waals surface area contributed by atoms with Gasteiger partial charge in [0.25, 0.3) is 0 Å². The summed E-state index contributed by atoms with van der Waals surface area (Å²) in [5.41, 5.74) is 6.21. The Morgan fingerprint density at radius 1 is 1.58 bits per heavy atom. The minimum absolute atomic E-state index is 0.0175. The van der Waals surface area contributed by atoms with E-state index < -0.39 is 0 Å².